The minimum atomic E-state index is -3.47. The first-order valence-electron chi connectivity index (χ1n) is 4.06. The van der Waals surface area contributed by atoms with Gasteiger partial charge in [0.15, 0.2) is 0 Å². The fourth-order valence-electron chi connectivity index (χ4n) is 1.19. The molecule has 4 nitrogen and oxygen atoms in total. The van der Waals surface area contributed by atoms with Gasteiger partial charge in [-0.05, 0) is 24.1 Å². The molecule has 0 aliphatic carbocycles. The molecule has 0 spiro atoms. The molecule has 78 valence electrons. The highest BCUT2D eigenvalue weighted by atomic mass is 32.2. The average molecular weight is 215 g/mol. The van der Waals surface area contributed by atoms with E-state index in [1.165, 1.54) is 0 Å². The van der Waals surface area contributed by atoms with Gasteiger partial charge in [0.2, 0.25) is 10.0 Å². The summed E-state index contributed by atoms with van der Waals surface area (Å²) in [5, 5.41) is 4.93. The second kappa shape index (κ2) is 3.98. The third kappa shape index (κ3) is 3.01. The largest absolute Gasteiger partial charge is 0.496 e. The number of hydrogen-bond acceptors (Lipinski definition) is 3. The summed E-state index contributed by atoms with van der Waals surface area (Å²) >= 11 is 0. The van der Waals surface area contributed by atoms with Crippen molar-refractivity contribution in [2.24, 2.45) is 5.14 Å². The number of nitrogens with two attached hydrogens (primary N) is 1. The molecule has 0 atom stereocenters. The smallest absolute Gasteiger partial charge is 0.213 e. The second-order valence-electron chi connectivity index (χ2n) is 3.11. The first-order chi connectivity index (χ1) is 6.42. The normalized spacial score (nSPS) is 11.4. The van der Waals surface area contributed by atoms with Gasteiger partial charge in [-0.15, -0.1) is 0 Å². The predicted molar refractivity (Wildman–Crippen MR) is 54.5 cm³/mol. The van der Waals surface area contributed by atoms with E-state index in [0.717, 1.165) is 5.56 Å². The number of ether oxygens (including phenoxy) is 1. The Kier molecular flexibility index (Phi) is 3.13. The van der Waals surface area contributed by atoms with Gasteiger partial charge in [-0.2, -0.15) is 0 Å². The molecule has 0 aliphatic rings. The molecule has 5 heteroatoms. The molecular formula is C9H13NO3S. The van der Waals surface area contributed by atoms with Crippen molar-refractivity contribution in [3.63, 3.8) is 0 Å². The van der Waals surface area contributed by atoms with Crippen LogP contribution in [0, 0.1) is 6.92 Å². The third-order valence-electron chi connectivity index (χ3n) is 1.84. The van der Waals surface area contributed by atoms with E-state index >= 15 is 0 Å². The molecule has 0 saturated carbocycles. The lowest BCUT2D eigenvalue weighted by atomic mass is 10.1. The molecule has 0 amide bonds. The molecule has 1 aromatic carbocycles. The van der Waals surface area contributed by atoms with Crippen molar-refractivity contribution in [3.8, 4) is 5.75 Å². The van der Waals surface area contributed by atoms with Crippen LogP contribution >= 0.6 is 0 Å². The molecular weight excluding hydrogens is 202 g/mol. The van der Waals surface area contributed by atoms with Gasteiger partial charge in [-0.1, -0.05) is 12.1 Å². The lowest BCUT2D eigenvalue weighted by Gasteiger charge is -2.06. The van der Waals surface area contributed by atoms with Crippen LogP contribution < -0.4 is 9.88 Å². The van der Waals surface area contributed by atoms with E-state index in [2.05, 4.69) is 0 Å². The summed E-state index contributed by atoms with van der Waals surface area (Å²) in [6.45, 7) is 1.89. The molecule has 0 heterocycles. The Hall–Kier alpha value is -1.07. The Morgan fingerprint density at radius 3 is 2.57 bits per heavy atom. The van der Waals surface area contributed by atoms with Gasteiger partial charge in [0, 0.05) is 0 Å². The van der Waals surface area contributed by atoms with E-state index < -0.39 is 10.0 Å². The highest BCUT2D eigenvalue weighted by molar-refractivity contribution is 7.88. The summed E-state index contributed by atoms with van der Waals surface area (Å²) in [6, 6.07) is 5.21. The fraction of sp³-hybridized carbons (Fsp3) is 0.333. The molecule has 0 saturated heterocycles. The summed E-state index contributed by atoms with van der Waals surface area (Å²) in [5.74, 6) is 0.509. The molecule has 0 radical (unpaired) electrons. The summed E-state index contributed by atoms with van der Waals surface area (Å²) < 4.78 is 26.7. The van der Waals surface area contributed by atoms with Crippen molar-refractivity contribution >= 4 is 10.0 Å². The number of benzene rings is 1. The van der Waals surface area contributed by atoms with Crippen molar-refractivity contribution in [3.05, 3.63) is 29.3 Å². The van der Waals surface area contributed by atoms with Gasteiger partial charge in [0.25, 0.3) is 0 Å². The molecule has 1 rings (SSSR count). The monoisotopic (exact) mass is 215 g/mol. The maximum atomic E-state index is 10.8. The maximum Gasteiger partial charge on any atom is 0.213 e. The summed E-state index contributed by atoms with van der Waals surface area (Å²) in [7, 11) is -1.93. The standard InChI is InChI=1S/C9H13NO3S/c1-7-3-4-8(5-9(7)13-2)6-14(10,11)12/h3-5H,6H2,1-2H3,(H2,10,11,12). The quantitative estimate of drug-likeness (QED) is 0.810. The number of sulfonamides is 1. The van der Waals surface area contributed by atoms with Crippen LogP contribution in [0.3, 0.4) is 0 Å². The van der Waals surface area contributed by atoms with Gasteiger partial charge >= 0.3 is 0 Å². The summed E-state index contributed by atoms with van der Waals surface area (Å²) in [4.78, 5) is 0. The fourth-order valence-corrected chi connectivity index (χ4v) is 1.83. The number of hydrogen-bond donors (Lipinski definition) is 1. The zero-order valence-corrected chi connectivity index (χ0v) is 8.97. The Balaban J connectivity index is 3.01. The third-order valence-corrected chi connectivity index (χ3v) is 2.58. The van der Waals surface area contributed by atoms with E-state index in [0.29, 0.717) is 11.3 Å². The van der Waals surface area contributed by atoms with E-state index in [1.54, 1.807) is 25.3 Å². The number of aryl methyl sites for hydroxylation is 1. The van der Waals surface area contributed by atoms with Gasteiger partial charge < -0.3 is 4.74 Å². The van der Waals surface area contributed by atoms with Crippen LogP contribution in [0.15, 0.2) is 18.2 Å². The first kappa shape index (κ1) is 11.0. The number of primary sulfonamides is 1. The molecule has 0 bridgehead atoms. The molecule has 0 aromatic heterocycles. The SMILES string of the molecule is COc1cc(CS(N)(=O)=O)ccc1C. The van der Waals surface area contributed by atoms with Gasteiger partial charge in [0.05, 0.1) is 12.9 Å². The van der Waals surface area contributed by atoms with Gasteiger partial charge in [0.1, 0.15) is 5.75 Å². The Morgan fingerprint density at radius 1 is 1.43 bits per heavy atom. The van der Waals surface area contributed by atoms with Crippen molar-refractivity contribution in [2.45, 2.75) is 12.7 Å². The Morgan fingerprint density at radius 2 is 2.07 bits per heavy atom. The summed E-state index contributed by atoms with van der Waals surface area (Å²) in [5.41, 5.74) is 1.60. The van der Waals surface area contributed by atoms with E-state index in [1.807, 2.05) is 6.92 Å². The average Bonchev–Trinajstić information content (AvgIpc) is 2.06. The molecule has 14 heavy (non-hydrogen) atoms. The van der Waals surface area contributed by atoms with Crippen molar-refractivity contribution in [2.75, 3.05) is 7.11 Å². The van der Waals surface area contributed by atoms with Crippen LogP contribution in [0.2, 0.25) is 0 Å². The van der Waals surface area contributed by atoms with Crippen LogP contribution in [0.4, 0.5) is 0 Å². The Bertz CT molecular complexity index is 426. The molecule has 0 aliphatic heterocycles. The minimum Gasteiger partial charge on any atom is -0.496 e. The van der Waals surface area contributed by atoms with Crippen LogP contribution in [-0.2, 0) is 15.8 Å². The zero-order valence-electron chi connectivity index (χ0n) is 8.15. The van der Waals surface area contributed by atoms with Gasteiger partial charge in [-0.3, -0.25) is 0 Å². The van der Waals surface area contributed by atoms with E-state index in [4.69, 9.17) is 9.88 Å². The highest BCUT2D eigenvalue weighted by Crippen LogP contribution is 2.19. The van der Waals surface area contributed by atoms with Crippen LogP contribution in [0.1, 0.15) is 11.1 Å². The van der Waals surface area contributed by atoms with Crippen molar-refractivity contribution < 1.29 is 13.2 Å². The molecule has 0 fully saturated rings. The van der Waals surface area contributed by atoms with Crippen LogP contribution in [-0.4, -0.2) is 15.5 Å². The topological polar surface area (TPSA) is 69.4 Å². The molecule has 0 unspecified atom stereocenters. The van der Waals surface area contributed by atoms with Crippen LogP contribution in [0.25, 0.3) is 0 Å². The van der Waals surface area contributed by atoms with E-state index in [9.17, 15) is 8.42 Å². The zero-order chi connectivity index (χ0) is 10.8. The predicted octanol–water partition coefficient (Wildman–Crippen LogP) is 0.792. The lowest BCUT2D eigenvalue weighted by molar-refractivity contribution is 0.411. The second-order valence-corrected chi connectivity index (χ2v) is 4.73. The lowest BCUT2D eigenvalue weighted by Crippen LogP contribution is -2.14. The molecule has 2 N–H and O–H groups in total. The first-order valence-corrected chi connectivity index (χ1v) is 5.78. The van der Waals surface area contributed by atoms with E-state index in [-0.39, 0.29) is 5.75 Å². The van der Waals surface area contributed by atoms with Crippen LogP contribution in [0.5, 0.6) is 5.75 Å². The number of rotatable bonds is 3. The number of methoxy groups -OCH3 is 1. The summed E-state index contributed by atoms with van der Waals surface area (Å²) in [6.07, 6.45) is 0. The van der Waals surface area contributed by atoms with Crippen molar-refractivity contribution in [1.82, 2.24) is 0 Å². The maximum absolute atomic E-state index is 10.8. The Labute approximate surface area is 83.7 Å². The van der Waals surface area contributed by atoms with Crippen molar-refractivity contribution in [1.29, 1.82) is 0 Å². The highest BCUT2D eigenvalue weighted by Gasteiger charge is 2.06. The van der Waals surface area contributed by atoms with Gasteiger partial charge in [-0.25, -0.2) is 13.6 Å². The molecule has 1 aromatic rings. The minimum absolute atomic E-state index is 0.163.